The molecule has 1 N–H and O–H groups in total. The van der Waals surface area contributed by atoms with E-state index >= 15 is 0 Å². The van der Waals surface area contributed by atoms with Crippen LogP contribution >= 0.6 is 12.2 Å². The van der Waals surface area contributed by atoms with E-state index in [0.29, 0.717) is 0 Å². The van der Waals surface area contributed by atoms with Crippen molar-refractivity contribution in [3.63, 3.8) is 0 Å². The van der Waals surface area contributed by atoms with Crippen LogP contribution in [0.1, 0.15) is 49.9 Å². The van der Waals surface area contributed by atoms with Crippen LogP contribution in [-0.2, 0) is 12.0 Å². The highest BCUT2D eigenvalue weighted by Gasteiger charge is 2.52. The number of rotatable bonds is 3. The number of aromatic nitrogens is 3. The fourth-order valence-corrected chi connectivity index (χ4v) is 6.25. The summed E-state index contributed by atoms with van der Waals surface area (Å²) in [5.74, 6) is 3.77. The zero-order valence-corrected chi connectivity index (χ0v) is 14.2. The number of aromatic amines is 1. The number of hydrogen-bond acceptors (Lipinski definition) is 2. The van der Waals surface area contributed by atoms with Gasteiger partial charge in [0.15, 0.2) is 0 Å². The lowest BCUT2D eigenvalue weighted by molar-refractivity contribution is -0.0504. The van der Waals surface area contributed by atoms with Crippen LogP contribution in [0.15, 0.2) is 30.3 Å². The number of benzene rings is 1. The molecule has 0 aliphatic heterocycles. The van der Waals surface area contributed by atoms with Crippen LogP contribution in [0.5, 0.6) is 0 Å². The van der Waals surface area contributed by atoms with Crippen molar-refractivity contribution < 1.29 is 0 Å². The molecule has 4 fully saturated rings. The minimum atomic E-state index is 0.244. The molecule has 1 aromatic carbocycles. The van der Waals surface area contributed by atoms with Crippen LogP contribution in [0.3, 0.4) is 0 Å². The quantitative estimate of drug-likeness (QED) is 0.846. The number of nitrogens with zero attached hydrogens (tertiary/aromatic N) is 2. The number of H-pyrrole nitrogens is 1. The van der Waals surface area contributed by atoms with E-state index in [9.17, 15) is 0 Å². The molecule has 1 aromatic heterocycles. The third-order valence-electron chi connectivity index (χ3n) is 6.36. The summed E-state index contributed by atoms with van der Waals surface area (Å²) in [5, 5.41) is 3.59. The van der Waals surface area contributed by atoms with Crippen LogP contribution in [0.25, 0.3) is 0 Å². The fourth-order valence-electron chi connectivity index (χ4n) is 5.90. The lowest BCUT2D eigenvalue weighted by Crippen LogP contribution is -2.52. The lowest BCUT2D eigenvalue weighted by atomic mass is 9.53. The maximum atomic E-state index is 5.64. The van der Waals surface area contributed by atoms with Crippen molar-refractivity contribution in [1.82, 2.24) is 14.8 Å². The van der Waals surface area contributed by atoms with Gasteiger partial charge in [-0.3, -0.25) is 9.78 Å². The molecule has 0 unspecified atom stereocenters. The molecule has 4 heteroatoms. The van der Waals surface area contributed by atoms with E-state index in [4.69, 9.17) is 12.2 Å². The van der Waals surface area contributed by atoms with Crippen LogP contribution in [0, 0.1) is 22.5 Å². The first-order valence-corrected chi connectivity index (χ1v) is 9.33. The first-order valence-electron chi connectivity index (χ1n) is 8.92. The monoisotopic (exact) mass is 325 g/mol. The van der Waals surface area contributed by atoms with Gasteiger partial charge in [-0.2, -0.15) is 0 Å². The topological polar surface area (TPSA) is 33.6 Å². The van der Waals surface area contributed by atoms with Gasteiger partial charge in [0.25, 0.3) is 0 Å². The second-order valence-corrected chi connectivity index (χ2v) is 8.46. The summed E-state index contributed by atoms with van der Waals surface area (Å²) in [6, 6.07) is 10.5. The third-order valence-corrected chi connectivity index (χ3v) is 6.63. The Morgan fingerprint density at radius 1 is 1.04 bits per heavy atom. The second kappa shape index (κ2) is 5.04. The van der Waals surface area contributed by atoms with Gasteiger partial charge in [0.05, 0.1) is 5.54 Å². The smallest absolute Gasteiger partial charge is 0.216 e. The Morgan fingerprint density at radius 2 is 1.65 bits per heavy atom. The summed E-state index contributed by atoms with van der Waals surface area (Å²) in [6.07, 6.45) is 9.12. The molecule has 0 atom stereocenters. The summed E-state index contributed by atoms with van der Waals surface area (Å²) in [6.45, 7) is 0. The standard InChI is InChI=1S/C19H23N3S/c23-18-20-17(9-13-4-2-1-3-5-13)21-22(18)19-10-14-6-15(11-19)8-16(7-14)12-19/h1-5,14-16H,6-12H2,(H,20,21,23). The van der Waals surface area contributed by atoms with Crippen molar-refractivity contribution in [2.45, 2.75) is 50.5 Å². The van der Waals surface area contributed by atoms with E-state index in [1.54, 1.807) is 0 Å². The Hall–Kier alpha value is -1.42. The minimum Gasteiger partial charge on any atom is -0.282 e. The molecule has 0 spiro atoms. The molecule has 1 heterocycles. The largest absolute Gasteiger partial charge is 0.282 e. The molecule has 0 amide bonds. The maximum Gasteiger partial charge on any atom is 0.216 e. The highest BCUT2D eigenvalue weighted by Crippen LogP contribution is 2.58. The average molecular weight is 325 g/mol. The van der Waals surface area contributed by atoms with Crippen LogP contribution in [-0.4, -0.2) is 14.8 Å². The molecule has 120 valence electrons. The number of nitrogens with one attached hydrogen (secondary N) is 1. The van der Waals surface area contributed by atoms with E-state index in [1.165, 1.54) is 44.1 Å². The lowest BCUT2D eigenvalue weighted by Gasteiger charge is -2.56. The third kappa shape index (κ3) is 2.30. The summed E-state index contributed by atoms with van der Waals surface area (Å²) in [5.41, 5.74) is 1.53. The van der Waals surface area contributed by atoms with E-state index in [0.717, 1.165) is 34.8 Å². The van der Waals surface area contributed by atoms with Crippen molar-refractivity contribution in [3.8, 4) is 0 Å². The van der Waals surface area contributed by atoms with Gasteiger partial charge in [0, 0.05) is 6.42 Å². The Morgan fingerprint density at radius 3 is 2.26 bits per heavy atom. The van der Waals surface area contributed by atoms with Gasteiger partial charge < -0.3 is 0 Å². The predicted octanol–water partition coefficient (Wildman–Crippen LogP) is 4.46. The van der Waals surface area contributed by atoms with E-state index in [2.05, 4.69) is 45.1 Å². The van der Waals surface area contributed by atoms with E-state index in [1.807, 2.05) is 0 Å². The van der Waals surface area contributed by atoms with Crippen LogP contribution in [0.4, 0.5) is 0 Å². The molecular weight excluding hydrogens is 302 g/mol. The summed E-state index contributed by atoms with van der Waals surface area (Å²) in [4.78, 5) is 4.69. The molecule has 0 radical (unpaired) electrons. The Labute approximate surface area is 142 Å². The summed E-state index contributed by atoms with van der Waals surface area (Å²) in [7, 11) is 0. The van der Waals surface area contributed by atoms with Gasteiger partial charge in [-0.15, -0.1) is 0 Å². The maximum absolute atomic E-state index is 5.64. The molecule has 3 nitrogen and oxygen atoms in total. The predicted molar refractivity (Wildman–Crippen MR) is 92.8 cm³/mol. The molecule has 6 rings (SSSR count). The molecule has 4 saturated carbocycles. The minimum absolute atomic E-state index is 0.244. The van der Waals surface area contributed by atoms with Gasteiger partial charge in [-0.1, -0.05) is 30.3 Å². The van der Waals surface area contributed by atoms with Gasteiger partial charge in [0.2, 0.25) is 4.77 Å². The highest BCUT2D eigenvalue weighted by molar-refractivity contribution is 7.71. The highest BCUT2D eigenvalue weighted by atomic mass is 32.1. The van der Waals surface area contributed by atoms with Crippen LogP contribution < -0.4 is 0 Å². The molecule has 0 saturated heterocycles. The average Bonchev–Trinajstić information content (AvgIpc) is 2.88. The van der Waals surface area contributed by atoms with Crippen molar-refractivity contribution in [1.29, 1.82) is 0 Å². The first kappa shape index (κ1) is 14.0. The van der Waals surface area contributed by atoms with Crippen molar-refractivity contribution in [3.05, 3.63) is 46.5 Å². The molecule has 2 aromatic rings. The SMILES string of the molecule is S=c1nc(Cc2ccccc2)[nH]n1C12CC3CC(CC(C3)C1)C2. The molecular formula is C19H23N3S. The van der Waals surface area contributed by atoms with Gasteiger partial charge in [0.1, 0.15) is 5.82 Å². The fraction of sp³-hybridized carbons (Fsp3) is 0.579. The summed E-state index contributed by atoms with van der Waals surface area (Å²) < 4.78 is 3.04. The Bertz CT molecular complexity index is 738. The Balaban J connectivity index is 1.48. The second-order valence-electron chi connectivity index (χ2n) is 8.09. The van der Waals surface area contributed by atoms with Crippen molar-refractivity contribution in [2.75, 3.05) is 0 Å². The zero-order valence-electron chi connectivity index (χ0n) is 13.4. The van der Waals surface area contributed by atoms with E-state index in [-0.39, 0.29) is 5.54 Å². The molecule has 4 aliphatic rings. The molecule has 23 heavy (non-hydrogen) atoms. The van der Waals surface area contributed by atoms with Gasteiger partial charge in [-0.25, -0.2) is 4.98 Å². The van der Waals surface area contributed by atoms with Crippen molar-refractivity contribution >= 4 is 12.2 Å². The number of hydrogen-bond donors (Lipinski definition) is 1. The van der Waals surface area contributed by atoms with Gasteiger partial charge >= 0.3 is 0 Å². The Kier molecular flexibility index (Phi) is 3.06. The van der Waals surface area contributed by atoms with Crippen LogP contribution in [0.2, 0.25) is 0 Å². The first-order chi connectivity index (χ1) is 11.2. The van der Waals surface area contributed by atoms with Gasteiger partial charge in [-0.05, 0) is 74.1 Å². The normalized spacial score (nSPS) is 34.9. The van der Waals surface area contributed by atoms with Crippen molar-refractivity contribution in [2.24, 2.45) is 17.8 Å². The summed E-state index contributed by atoms with van der Waals surface area (Å²) >= 11 is 5.64. The molecule has 4 bridgehead atoms. The van der Waals surface area contributed by atoms with E-state index < -0.39 is 0 Å². The zero-order chi connectivity index (χ0) is 15.4. The molecule has 4 aliphatic carbocycles.